The molecule has 22 heteroatoms. The third kappa shape index (κ3) is 9.87. The first-order chi connectivity index (χ1) is 30.0. The average molecular weight is 932 g/mol. The molecule has 0 atom stereocenters. The molecule has 2 aromatic heterocycles. The van der Waals surface area contributed by atoms with Gasteiger partial charge in [0.1, 0.15) is 6.61 Å². The number of pyridine rings is 2. The normalized spacial score (nSPS) is 12.7. The fourth-order valence-electron chi connectivity index (χ4n) is 6.64. The van der Waals surface area contributed by atoms with E-state index in [0.29, 0.717) is 57.2 Å². The van der Waals surface area contributed by atoms with Crippen LogP contribution in [-0.2, 0) is 40.4 Å². The monoisotopic (exact) mass is 931 g/mol. The Morgan fingerprint density at radius 1 is 0.554 bits per heavy atom. The molecule has 0 unspecified atom stereocenters. The fraction of sp³-hybridized carbons (Fsp3) is 0.256. The first-order valence-corrected chi connectivity index (χ1v) is 18.5. The average Bonchev–Trinajstić information content (AvgIpc) is 3.23. The topological polar surface area (TPSA) is 131 Å². The summed E-state index contributed by atoms with van der Waals surface area (Å²) in [7, 11) is 3.16. The van der Waals surface area contributed by atoms with Crippen molar-refractivity contribution >= 4 is 34.2 Å². The molecule has 0 aliphatic rings. The van der Waals surface area contributed by atoms with Crippen LogP contribution in [0.15, 0.2) is 119 Å². The van der Waals surface area contributed by atoms with Crippen LogP contribution in [0.25, 0.3) is 21.8 Å². The second-order valence-corrected chi connectivity index (χ2v) is 14.6. The van der Waals surface area contributed by atoms with Crippen LogP contribution < -0.4 is 11.1 Å². The minimum Gasteiger partial charge on any atom is -0.463 e. The number of nitrogens with zero attached hydrogens (tertiary/aromatic N) is 3. The third-order valence-corrected chi connectivity index (χ3v) is 10.1. The first kappa shape index (κ1) is 49.3. The lowest BCUT2D eigenvalue weighted by Crippen LogP contribution is -2.53. The van der Waals surface area contributed by atoms with Crippen molar-refractivity contribution in [1.29, 1.82) is 0 Å². The van der Waals surface area contributed by atoms with Crippen LogP contribution in [0.5, 0.6) is 0 Å². The molecule has 6 aromatic rings. The number of benzene rings is 4. The molecular formula is C43H33F12N3O7. The van der Waals surface area contributed by atoms with Crippen molar-refractivity contribution in [1.82, 2.24) is 14.0 Å². The van der Waals surface area contributed by atoms with Gasteiger partial charge in [-0.05, 0) is 69.9 Å². The molecule has 2 N–H and O–H groups in total. The molecule has 10 nitrogen and oxygen atoms in total. The van der Waals surface area contributed by atoms with Crippen LogP contribution in [0, 0.1) is 0 Å². The number of hydrogen-bond acceptors (Lipinski definition) is 7. The highest BCUT2D eigenvalue weighted by atomic mass is 19.4. The van der Waals surface area contributed by atoms with E-state index in [4.69, 9.17) is 0 Å². The lowest BCUT2D eigenvalue weighted by molar-refractivity contribution is -0.376. The largest absolute Gasteiger partial charge is 0.463 e. The summed E-state index contributed by atoms with van der Waals surface area (Å²) < 4.78 is 164. The summed E-state index contributed by atoms with van der Waals surface area (Å²) in [5.74, 6) is -0.257. The van der Waals surface area contributed by atoms with E-state index < -0.39 is 58.2 Å². The number of hydrogen-bond donors (Lipinski definition) is 2. The van der Waals surface area contributed by atoms with Crippen LogP contribution in [0.2, 0.25) is 0 Å². The third-order valence-electron chi connectivity index (χ3n) is 10.1. The summed E-state index contributed by atoms with van der Waals surface area (Å²) in [6.45, 7) is -0.000239. The highest BCUT2D eigenvalue weighted by molar-refractivity contribution is 5.97. The molecule has 6 rings (SSSR count). The van der Waals surface area contributed by atoms with Crippen LogP contribution >= 0.6 is 0 Å². The van der Waals surface area contributed by atoms with E-state index in [-0.39, 0.29) is 43.2 Å². The van der Waals surface area contributed by atoms with Gasteiger partial charge in [0.15, 0.2) is 0 Å². The van der Waals surface area contributed by atoms with E-state index >= 15 is 0 Å². The van der Waals surface area contributed by atoms with E-state index in [1.54, 1.807) is 38.4 Å². The van der Waals surface area contributed by atoms with E-state index in [0.717, 1.165) is 24.3 Å². The number of carbonyl (C=O) groups is 2. The molecule has 0 fully saturated rings. The van der Waals surface area contributed by atoms with Crippen molar-refractivity contribution in [2.45, 2.75) is 55.6 Å². The molecule has 65 heavy (non-hydrogen) atoms. The number of fused-ring (bicyclic) bond motifs is 2. The summed E-state index contributed by atoms with van der Waals surface area (Å²) in [4.78, 5) is 48.6. The standard InChI is InChI=1S/C22H18F6N2O3.C21H15F6NO4/c1-29(2)19(32)15-5-9-17-14(11-15)6-10-18(31)30(17)12-13-3-7-16(8-4-13)20(33,21(23,24)25)22(26,27)28;22-20(23,24)19(31,21(25,26)27)16-5-1-13(2-6-16)10-28-17-7-3-14(11-32-12-29)9-15(17)4-8-18(28)30/h3-11,33H,12H2,1-2H3;1-9,12,31H,10-11H2. The highest BCUT2D eigenvalue weighted by Crippen LogP contribution is 2.51. The number of halogens is 12. The Labute approximate surface area is 358 Å². The van der Waals surface area contributed by atoms with Gasteiger partial charge in [0.2, 0.25) is 0 Å². The van der Waals surface area contributed by atoms with Crippen molar-refractivity contribution in [2.75, 3.05) is 14.1 Å². The number of carbonyl (C=O) groups excluding carboxylic acids is 2. The summed E-state index contributed by atoms with van der Waals surface area (Å²) in [6.07, 6.45) is -23.9. The lowest BCUT2D eigenvalue weighted by atomic mass is 9.91. The molecule has 346 valence electrons. The van der Waals surface area contributed by atoms with Gasteiger partial charge in [-0.25, -0.2) is 0 Å². The number of ether oxygens (including phenoxy) is 1. The predicted molar refractivity (Wildman–Crippen MR) is 208 cm³/mol. The van der Waals surface area contributed by atoms with Gasteiger partial charge < -0.3 is 29.0 Å². The van der Waals surface area contributed by atoms with Gasteiger partial charge in [-0.2, -0.15) is 52.7 Å². The van der Waals surface area contributed by atoms with E-state index in [1.807, 2.05) is 0 Å². The number of alkyl halides is 12. The fourth-order valence-corrected chi connectivity index (χ4v) is 6.64. The van der Waals surface area contributed by atoms with Crippen molar-refractivity contribution in [2.24, 2.45) is 0 Å². The smallest absolute Gasteiger partial charge is 0.430 e. The van der Waals surface area contributed by atoms with Gasteiger partial charge >= 0.3 is 24.7 Å². The molecular weight excluding hydrogens is 898 g/mol. The van der Waals surface area contributed by atoms with E-state index in [2.05, 4.69) is 4.74 Å². The number of amides is 1. The van der Waals surface area contributed by atoms with Gasteiger partial charge in [-0.15, -0.1) is 0 Å². The number of aromatic nitrogens is 2. The van der Waals surface area contributed by atoms with Gasteiger partial charge in [0.05, 0.1) is 24.1 Å². The Morgan fingerprint density at radius 2 is 0.923 bits per heavy atom. The molecule has 4 aromatic carbocycles. The molecule has 0 saturated heterocycles. The summed E-state index contributed by atoms with van der Waals surface area (Å²) >= 11 is 0. The summed E-state index contributed by atoms with van der Waals surface area (Å²) in [6, 6.07) is 21.1. The molecule has 0 spiro atoms. The zero-order valence-electron chi connectivity index (χ0n) is 33.4. The van der Waals surface area contributed by atoms with Crippen LogP contribution in [0.3, 0.4) is 0 Å². The maximum atomic E-state index is 13.1. The van der Waals surface area contributed by atoms with E-state index in [9.17, 15) is 82.1 Å². The van der Waals surface area contributed by atoms with Crippen LogP contribution in [-0.4, -0.2) is 75.4 Å². The quantitative estimate of drug-likeness (QED) is 0.105. The first-order valence-electron chi connectivity index (χ1n) is 18.5. The Balaban J connectivity index is 0.000000244. The van der Waals surface area contributed by atoms with Gasteiger partial charge in [-0.1, -0.05) is 54.6 Å². The van der Waals surface area contributed by atoms with Crippen molar-refractivity contribution < 1.29 is 77.2 Å². The lowest BCUT2D eigenvalue weighted by Gasteiger charge is -2.32. The molecule has 0 aliphatic heterocycles. The Hall–Kier alpha value is -6.68. The zero-order chi connectivity index (χ0) is 48.5. The predicted octanol–water partition coefficient (Wildman–Crippen LogP) is 8.10. The van der Waals surface area contributed by atoms with Gasteiger partial charge in [0.25, 0.3) is 34.7 Å². The second kappa shape index (κ2) is 18.1. The van der Waals surface area contributed by atoms with Gasteiger partial charge in [-0.3, -0.25) is 19.2 Å². The molecule has 0 saturated carbocycles. The Morgan fingerprint density at radius 3 is 1.29 bits per heavy atom. The van der Waals surface area contributed by atoms with Gasteiger partial charge in [0, 0.05) is 42.9 Å². The Bertz CT molecular complexity index is 2780. The molecule has 1 amide bonds. The molecule has 2 heterocycles. The van der Waals surface area contributed by atoms with Crippen LogP contribution in [0.4, 0.5) is 52.7 Å². The minimum absolute atomic E-state index is 0.0152. The number of aliphatic hydroxyl groups is 2. The summed E-state index contributed by atoms with van der Waals surface area (Å²) in [5.41, 5.74) is -11.3. The maximum Gasteiger partial charge on any atom is 0.430 e. The zero-order valence-corrected chi connectivity index (χ0v) is 33.4. The van der Waals surface area contributed by atoms with E-state index in [1.165, 1.54) is 50.4 Å². The minimum atomic E-state index is -5.99. The SMILES string of the molecule is CN(C)C(=O)c1ccc2c(ccc(=O)n2Cc2ccc(C(O)(C(F)(F)F)C(F)(F)F)cc2)c1.O=COCc1ccc2c(ccc(=O)n2Cc2ccc(C(O)(C(F)(F)F)C(F)(F)F)cc2)c1. The second-order valence-electron chi connectivity index (χ2n) is 14.6. The van der Waals surface area contributed by atoms with Crippen molar-refractivity contribution in [3.63, 3.8) is 0 Å². The summed E-state index contributed by atoms with van der Waals surface area (Å²) in [5, 5.41) is 20.1. The molecule has 0 radical (unpaired) electrons. The van der Waals surface area contributed by atoms with Crippen LogP contribution in [0.1, 0.15) is 38.2 Å². The molecule has 0 aliphatic carbocycles. The highest BCUT2D eigenvalue weighted by Gasteiger charge is 2.72. The number of rotatable bonds is 10. The molecule has 0 bridgehead atoms. The van der Waals surface area contributed by atoms with Crippen molar-refractivity contribution in [3.8, 4) is 0 Å². The Kier molecular flexibility index (Phi) is 13.7. The maximum absolute atomic E-state index is 13.1. The van der Waals surface area contributed by atoms with Crippen molar-refractivity contribution in [3.05, 3.63) is 163 Å².